The van der Waals surface area contributed by atoms with Crippen molar-refractivity contribution < 1.29 is 14.7 Å². The van der Waals surface area contributed by atoms with E-state index in [1.807, 2.05) is 6.92 Å². The molecule has 5 N–H and O–H groups in total. The summed E-state index contributed by atoms with van der Waals surface area (Å²) in [6, 6.07) is -1.06. The van der Waals surface area contributed by atoms with Crippen LogP contribution in [0.25, 0.3) is 0 Å². The molecule has 0 saturated heterocycles. The van der Waals surface area contributed by atoms with Crippen LogP contribution in [0, 0.1) is 0 Å². The number of aromatic nitrogens is 2. The number of carbonyl (C=O) groups excluding carboxylic acids is 2. The first-order valence-electron chi connectivity index (χ1n) is 8.94. The van der Waals surface area contributed by atoms with Crippen molar-refractivity contribution in [2.75, 3.05) is 11.9 Å². The van der Waals surface area contributed by atoms with Crippen LogP contribution in [0.3, 0.4) is 0 Å². The Balaban J connectivity index is 1.87. The van der Waals surface area contributed by atoms with Crippen LogP contribution < -0.4 is 16.4 Å². The second-order valence-corrected chi connectivity index (χ2v) is 6.92. The molecule has 0 aromatic carbocycles. The van der Waals surface area contributed by atoms with E-state index in [4.69, 9.17) is 5.73 Å². The second-order valence-electron chi connectivity index (χ2n) is 6.92. The molecule has 8 heteroatoms. The maximum absolute atomic E-state index is 12.3. The third-order valence-electron chi connectivity index (χ3n) is 4.74. The Bertz CT molecular complexity index is 595. The van der Waals surface area contributed by atoms with E-state index in [-0.39, 0.29) is 18.4 Å². The van der Waals surface area contributed by atoms with E-state index in [9.17, 15) is 14.7 Å². The van der Waals surface area contributed by atoms with Gasteiger partial charge < -0.3 is 26.0 Å². The number of nitrogens with two attached hydrogens (primary N) is 1. The van der Waals surface area contributed by atoms with Gasteiger partial charge in [-0.3, -0.25) is 9.59 Å². The third kappa shape index (κ3) is 5.27. The minimum atomic E-state index is -0.779. The molecule has 1 aromatic rings. The number of nitrogens with one attached hydrogen (secondary N) is 2. The van der Waals surface area contributed by atoms with E-state index in [1.165, 1.54) is 6.33 Å². The summed E-state index contributed by atoms with van der Waals surface area (Å²) in [5.74, 6) is -0.114. The molecule has 1 fully saturated rings. The number of carbonyl (C=O) groups is 2. The van der Waals surface area contributed by atoms with Crippen molar-refractivity contribution in [2.24, 2.45) is 5.73 Å². The Labute approximate surface area is 148 Å². The number of rotatable bonds is 8. The average molecular weight is 351 g/mol. The van der Waals surface area contributed by atoms with E-state index in [1.54, 1.807) is 17.7 Å². The molecule has 2 rings (SSSR count). The Morgan fingerprint density at radius 2 is 2.08 bits per heavy atom. The molecule has 1 aliphatic rings. The number of anilines is 1. The summed E-state index contributed by atoms with van der Waals surface area (Å²) >= 11 is 0. The molecule has 1 heterocycles. The fourth-order valence-corrected chi connectivity index (χ4v) is 3.02. The van der Waals surface area contributed by atoms with Gasteiger partial charge in [-0.05, 0) is 26.2 Å². The summed E-state index contributed by atoms with van der Waals surface area (Å²) in [5, 5.41) is 15.8. The van der Waals surface area contributed by atoms with Gasteiger partial charge in [0, 0.05) is 12.7 Å². The molecule has 0 bridgehead atoms. The predicted molar refractivity (Wildman–Crippen MR) is 94.9 cm³/mol. The van der Waals surface area contributed by atoms with Gasteiger partial charge in [0.25, 0.3) is 0 Å². The highest BCUT2D eigenvalue weighted by atomic mass is 16.3. The smallest absolute Gasteiger partial charge is 0.242 e. The average Bonchev–Trinajstić information content (AvgIpc) is 3.22. The molecule has 0 radical (unpaired) electrons. The van der Waals surface area contributed by atoms with Gasteiger partial charge in [-0.2, -0.15) is 0 Å². The number of hydrogen-bond acceptors (Lipinski definition) is 5. The summed E-state index contributed by atoms with van der Waals surface area (Å²) < 4.78 is 1.62. The molecule has 1 saturated carbocycles. The normalized spacial score (nSPS) is 18.6. The maximum atomic E-state index is 12.3. The lowest BCUT2D eigenvalue weighted by Gasteiger charge is -2.23. The number of nitrogens with zero attached hydrogens (tertiary/aromatic N) is 2. The zero-order chi connectivity index (χ0) is 18.4. The molecule has 1 aliphatic carbocycles. The molecular weight excluding hydrogens is 322 g/mol. The Hall–Kier alpha value is -1.93. The van der Waals surface area contributed by atoms with Gasteiger partial charge in [-0.1, -0.05) is 26.2 Å². The molecule has 8 nitrogen and oxygen atoms in total. The fourth-order valence-electron chi connectivity index (χ4n) is 3.02. The summed E-state index contributed by atoms with van der Waals surface area (Å²) in [4.78, 5) is 28.3. The topological polar surface area (TPSA) is 122 Å². The zero-order valence-corrected chi connectivity index (χ0v) is 15.0. The first-order chi connectivity index (χ1) is 11.8. The first kappa shape index (κ1) is 19.4. The highest BCUT2D eigenvalue weighted by Crippen LogP contribution is 2.28. The molecule has 140 valence electrons. The summed E-state index contributed by atoms with van der Waals surface area (Å²) in [6.07, 6.45) is 7.96. The van der Waals surface area contributed by atoms with Crippen LogP contribution in [0.4, 0.5) is 5.82 Å². The molecular formula is C17H29N5O3. The van der Waals surface area contributed by atoms with Crippen LogP contribution in [-0.4, -0.2) is 44.7 Å². The van der Waals surface area contributed by atoms with Crippen molar-refractivity contribution in [2.45, 2.75) is 70.1 Å². The van der Waals surface area contributed by atoms with Gasteiger partial charge in [0.2, 0.25) is 11.8 Å². The van der Waals surface area contributed by atoms with E-state index in [0.717, 1.165) is 32.1 Å². The molecule has 1 aromatic heterocycles. The van der Waals surface area contributed by atoms with Crippen molar-refractivity contribution in [3.63, 3.8) is 0 Å². The lowest BCUT2D eigenvalue weighted by atomic mass is 10.0. The van der Waals surface area contributed by atoms with E-state index >= 15 is 0 Å². The Morgan fingerprint density at radius 3 is 2.72 bits per heavy atom. The monoisotopic (exact) mass is 351 g/mol. The van der Waals surface area contributed by atoms with Crippen LogP contribution in [-0.2, 0) is 9.59 Å². The molecule has 1 unspecified atom stereocenters. The van der Waals surface area contributed by atoms with Gasteiger partial charge in [0.05, 0.1) is 18.0 Å². The van der Waals surface area contributed by atoms with Crippen molar-refractivity contribution in [1.82, 2.24) is 14.9 Å². The second kappa shape index (κ2) is 8.44. The largest absolute Gasteiger partial charge is 0.388 e. The zero-order valence-electron chi connectivity index (χ0n) is 15.0. The quantitative estimate of drug-likeness (QED) is 0.555. The third-order valence-corrected chi connectivity index (χ3v) is 4.74. The van der Waals surface area contributed by atoms with Crippen LogP contribution in [0.2, 0.25) is 0 Å². The van der Waals surface area contributed by atoms with Gasteiger partial charge in [-0.15, -0.1) is 0 Å². The lowest BCUT2D eigenvalue weighted by Crippen LogP contribution is -2.42. The molecule has 25 heavy (non-hydrogen) atoms. The van der Waals surface area contributed by atoms with Crippen LogP contribution in [0.1, 0.15) is 58.4 Å². The highest BCUT2D eigenvalue weighted by Gasteiger charge is 2.32. The fraction of sp³-hybridized carbons (Fsp3) is 0.706. The minimum absolute atomic E-state index is 0.196. The Morgan fingerprint density at radius 1 is 1.40 bits per heavy atom. The van der Waals surface area contributed by atoms with Gasteiger partial charge >= 0.3 is 0 Å². The Kier molecular flexibility index (Phi) is 6.55. The lowest BCUT2D eigenvalue weighted by molar-refractivity contribution is -0.125. The van der Waals surface area contributed by atoms with Crippen LogP contribution in [0.15, 0.2) is 12.5 Å². The number of hydrogen-bond donors (Lipinski definition) is 4. The first-order valence-corrected chi connectivity index (χ1v) is 8.94. The standard InChI is InChI=1S/C17H29N5O3/c1-3-6-13(18)16(24)21-14-9-22(11-20-14)12(2)15(23)19-10-17(25)7-4-5-8-17/h9,11-13,25H,3-8,10,18H2,1-2H3,(H,19,23)(H,21,24)/t12?,13-/m0/s1. The van der Waals surface area contributed by atoms with Crippen molar-refractivity contribution in [3.8, 4) is 0 Å². The van der Waals surface area contributed by atoms with Crippen LogP contribution in [0.5, 0.6) is 0 Å². The predicted octanol–water partition coefficient (Wildman–Crippen LogP) is 0.931. The van der Waals surface area contributed by atoms with E-state index in [2.05, 4.69) is 15.6 Å². The van der Waals surface area contributed by atoms with Gasteiger partial charge in [0.1, 0.15) is 6.04 Å². The van der Waals surface area contributed by atoms with Gasteiger partial charge in [-0.25, -0.2) is 4.98 Å². The molecule has 2 atom stereocenters. The SMILES string of the molecule is CCC[C@H](N)C(=O)Nc1cn(C(C)C(=O)NCC2(O)CCCC2)cn1. The van der Waals surface area contributed by atoms with Gasteiger partial charge in [0.15, 0.2) is 5.82 Å². The summed E-state index contributed by atoms with van der Waals surface area (Å²) in [5.41, 5.74) is 4.99. The van der Waals surface area contributed by atoms with Crippen LogP contribution >= 0.6 is 0 Å². The van der Waals surface area contributed by atoms with Crippen molar-refractivity contribution in [1.29, 1.82) is 0 Å². The van der Waals surface area contributed by atoms with E-state index in [0.29, 0.717) is 12.2 Å². The van der Waals surface area contributed by atoms with E-state index < -0.39 is 17.7 Å². The number of amides is 2. The van der Waals surface area contributed by atoms with Crippen molar-refractivity contribution in [3.05, 3.63) is 12.5 Å². The van der Waals surface area contributed by atoms with Crippen molar-refractivity contribution >= 4 is 17.6 Å². The minimum Gasteiger partial charge on any atom is -0.388 e. The molecule has 0 aliphatic heterocycles. The molecule has 2 amide bonds. The highest BCUT2D eigenvalue weighted by molar-refractivity contribution is 5.93. The number of imidazole rings is 1. The maximum Gasteiger partial charge on any atom is 0.242 e. The summed E-state index contributed by atoms with van der Waals surface area (Å²) in [7, 11) is 0. The summed E-state index contributed by atoms with van der Waals surface area (Å²) in [6.45, 7) is 3.97. The molecule has 0 spiro atoms. The number of aliphatic hydroxyl groups is 1.